The first-order chi connectivity index (χ1) is 5.31. The first kappa shape index (κ1) is 10.8. The minimum Gasteiger partial charge on any atom is -0.396 e. The van der Waals surface area contributed by atoms with Crippen LogP contribution in [0, 0.1) is 0 Å². The van der Waals surface area contributed by atoms with Crippen LogP contribution < -0.4 is 5.32 Å². The fourth-order valence-corrected chi connectivity index (χ4v) is 1.11. The number of amides is 1. The highest BCUT2D eigenvalue weighted by atomic mass is 32.2. The molecule has 66 valence electrons. The quantitative estimate of drug-likeness (QED) is 0.571. The second-order valence-electron chi connectivity index (χ2n) is 2.13. The largest absolute Gasteiger partial charge is 0.396 e. The highest BCUT2D eigenvalue weighted by molar-refractivity contribution is 7.99. The Morgan fingerprint density at radius 3 is 2.91 bits per heavy atom. The van der Waals surface area contributed by atoms with E-state index in [4.69, 9.17) is 5.11 Å². The van der Waals surface area contributed by atoms with Gasteiger partial charge in [0.2, 0.25) is 5.91 Å². The molecule has 0 aliphatic heterocycles. The predicted octanol–water partition coefficient (Wildman–Crippen LogP) is 0.238. The third-order valence-electron chi connectivity index (χ3n) is 1.04. The SMILES string of the molecule is CCCNC(=O)CSCCO. The summed E-state index contributed by atoms with van der Waals surface area (Å²) in [7, 11) is 0. The Morgan fingerprint density at radius 2 is 2.36 bits per heavy atom. The van der Waals surface area contributed by atoms with E-state index in [1.165, 1.54) is 11.8 Å². The molecule has 0 rings (SSSR count). The van der Waals surface area contributed by atoms with E-state index in [2.05, 4.69) is 5.32 Å². The van der Waals surface area contributed by atoms with Gasteiger partial charge in [-0.15, -0.1) is 11.8 Å². The van der Waals surface area contributed by atoms with E-state index in [1.54, 1.807) is 0 Å². The number of carbonyl (C=O) groups is 1. The van der Waals surface area contributed by atoms with E-state index in [1.807, 2.05) is 6.92 Å². The van der Waals surface area contributed by atoms with Crippen LogP contribution >= 0.6 is 11.8 Å². The summed E-state index contributed by atoms with van der Waals surface area (Å²) >= 11 is 1.45. The van der Waals surface area contributed by atoms with Gasteiger partial charge in [-0.05, 0) is 6.42 Å². The lowest BCUT2D eigenvalue weighted by Gasteiger charge is -2.01. The van der Waals surface area contributed by atoms with Crippen molar-refractivity contribution < 1.29 is 9.90 Å². The third kappa shape index (κ3) is 7.68. The maximum atomic E-state index is 10.9. The summed E-state index contributed by atoms with van der Waals surface area (Å²) in [6, 6.07) is 0. The molecule has 0 aromatic heterocycles. The number of nitrogens with one attached hydrogen (secondary N) is 1. The minimum absolute atomic E-state index is 0.0605. The van der Waals surface area contributed by atoms with Crippen LogP contribution in [0.25, 0.3) is 0 Å². The van der Waals surface area contributed by atoms with E-state index in [0.29, 0.717) is 11.5 Å². The molecule has 3 nitrogen and oxygen atoms in total. The molecule has 0 aliphatic carbocycles. The molecule has 0 saturated carbocycles. The van der Waals surface area contributed by atoms with Gasteiger partial charge in [0.1, 0.15) is 0 Å². The number of aliphatic hydroxyl groups is 1. The van der Waals surface area contributed by atoms with Crippen LogP contribution in [-0.4, -0.2) is 35.7 Å². The van der Waals surface area contributed by atoms with Gasteiger partial charge >= 0.3 is 0 Å². The van der Waals surface area contributed by atoms with Crippen molar-refractivity contribution >= 4 is 17.7 Å². The molecule has 4 heteroatoms. The van der Waals surface area contributed by atoms with Crippen LogP contribution in [0.15, 0.2) is 0 Å². The van der Waals surface area contributed by atoms with Gasteiger partial charge in [-0.1, -0.05) is 6.92 Å². The molecular weight excluding hydrogens is 162 g/mol. The van der Waals surface area contributed by atoms with E-state index in [-0.39, 0.29) is 12.5 Å². The number of hydrogen-bond acceptors (Lipinski definition) is 3. The molecule has 0 saturated heterocycles. The molecule has 0 unspecified atom stereocenters. The van der Waals surface area contributed by atoms with Crippen LogP contribution in [0.1, 0.15) is 13.3 Å². The molecule has 0 radical (unpaired) electrons. The topological polar surface area (TPSA) is 49.3 Å². The number of thioether (sulfide) groups is 1. The van der Waals surface area contributed by atoms with Crippen molar-refractivity contribution in [2.75, 3.05) is 24.7 Å². The lowest BCUT2D eigenvalue weighted by atomic mass is 10.5. The molecule has 1 amide bonds. The first-order valence-electron chi connectivity index (χ1n) is 3.76. The number of carbonyl (C=O) groups excluding carboxylic acids is 1. The van der Waals surface area contributed by atoms with Crippen LogP contribution in [0.5, 0.6) is 0 Å². The highest BCUT2D eigenvalue weighted by Gasteiger charge is 1.97. The van der Waals surface area contributed by atoms with Gasteiger partial charge in [0.05, 0.1) is 12.4 Å². The van der Waals surface area contributed by atoms with E-state index < -0.39 is 0 Å². The summed E-state index contributed by atoms with van der Waals surface area (Å²) in [4.78, 5) is 10.9. The van der Waals surface area contributed by atoms with E-state index in [0.717, 1.165) is 13.0 Å². The molecule has 0 bridgehead atoms. The predicted molar refractivity (Wildman–Crippen MR) is 47.7 cm³/mol. The molecular formula is C7H15NO2S. The number of aliphatic hydroxyl groups excluding tert-OH is 1. The summed E-state index contributed by atoms with van der Waals surface area (Å²) in [5, 5.41) is 11.2. The summed E-state index contributed by atoms with van der Waals surface area (Å²) in [6.07, 6.45) is 0.969. The van der Waals surface area contributed by atoms with Crippen molar-refractivity contribution in [1.82, 2.24) is 5.32 Å². The fourth-order valence-electron chi connectivity index (χ4n) is 0.545. The van der Waals surface area contributed by atoms with Crippen molar-refractivity contribution in [2.24, 2.45) is 0 Å². The Balaban J connectivity index is 3.09. The van der Waals surface area contributed by atoms with Gasteiger partial charge in [0.25, 0.3) is 0 Å². The monoisotopic (exact) mass is 177 g/mol. The highest BCUT2D eigenvalue weighted by Crippen LogP contribution is 1.96. The molecule has 0 fully saturated rings. The van der Waals surface area contributed by atoms with Gasteiger partial charge in [0, 0.05) is 12.3 Å². The van der Waals surface area contributed by atoms with Gasteiger partial charge in [-0.3, -0.25) is 4.79 Å². The first-order valence-corrected chi connectivity index (χ1v) is 4.92. The Kier molecular flexibility index (Phi) is 7.72. The smallest absolute Gasteiger partial charge is 0.229 e. The van der Waals surface area contributed by atoms with Crippen LogP contribution in [0.3, 0.4) is 0 Å². The molecule has 2 N–H and O–H groups in total. The summed E-state index contributed by atoms with van der Waals surface area (Å²) in [5.74, 6) is 1.16. The van der Waals surface area contributed by atoms with E-state index in [9.17, 15) is 4.79 Å². The summed E-state index contributed by atoms with van der Waals surface area (Å²) < 4.78 is 0. The van der Waals surface area contributed by atoms with Crippen molar-refractivity contribution in [2.45, 2.75) is 13.3 Å². The average Bonchev–Trinajstić information content (AvgIpc) is 2.01. The zero-order chi connectivity index (χ0) is 8.53. The second kappa shape index (κ2) is 7.88. The lowest BCUT2D eigenvalue weighted by Crippen LogP contribution is -2.25. The minimum atomic E-state index is 0.0605. The normalized spacial score (nSPS) is 9.64. The van der Waals surface area contributed by atoms with Gasteiger partial charge in [0.15, 0.2) is 0 Å². The fraction of sp³-hybridized carbons (Fsp3) is 0.857. The molecule has 0 aliphatic rings. The lowest BCUT2D eigenvalue weighted by molar-refractivity contribution is -0.118. The second-order valence-corrected chi connectivity index (χ2v) is 3.23. The van der Waals surface area contributed by atoms with Gasteiger partial charge in [-0.2, -0.15) is 0 Å². The zero-order valence-corrected chi connectivity index (χ0v) is 7.62. The molecule has 0 aromatic carbocycles. The standard InChI is InChI=1S/C7H15NO2S/c1-2-3-8-7(10)6-11-5-4-9/h9H,2-6H2,1H3,(H,8,10). The van der Waals surface area contributed by atoms with Crippen LogP contribution in [0.2, 0.25) is 0 Å². The maximum Gasteiger partial charge on any atom is 0.229 e. The van der Waals surface area contributed by atoms with Crippen molar-refractivity contribution in [3.63, 3.8) is 0 Å². The van der Waals surface area contributed by atoms with Crippen molar-refractivity contribution in [3.8, 4) is 0 Å². The molecule has 0 atom stereocenters. The third-order valence-corrected chi connectivity index (χ3v) is 1.98. The van der Waals surface area contributed by atoms with Crippen molar-refractivity contribution in [1.29, 1.82) is 0 Å². The Bertz CT molecular complexity index is 109. The Labute approximate surface area is 71.6 Å². The summed E-state index contributed by atoms with van der Waals surface area (Å²) in [5.41, 5.74) is 0. The zero-order valence-electron chi connectivity index (χ0n) is 6.80. The number of rotatable bonds is 6. The van der Waals surface area contributed by atoms with Crippen LogP contribution in [0.4, 0.5) is 0 Å². The van der Waals surface area contributed by atoms with Gasteiger partial charge < -0.3 is 10.4 Å². The molecule has 11 heavy (non-hydrogen) atoms. The molecule has 0 aromatic rings. The van der Waals surface area contributed by atoms with Crippen molar-refractivity contribution in [3.05, 3.63) is 0 Å². The summed E-state index contributed by atoms with van der Waals surface area (Å²) in [6.45, 7) is 2.91. The Morgan fingerprint density at radius 1 is 1.64 bits per heavy atom. The van der Waals surface area contributed by atoms with Crippen LogP contribution in [-0.2, 0) is 4.79 Å². The molecule has 0 heterocycles. The molecule has 0 spiro atoms. The maximum absolute atomic E-state index is 10.9. The average molecular weight is 177 g/mol. The Hall–Kier alpha value is -0.220. The van der Waals surface area contributed by atoms with Gasteiger partial charge in [-0.25, -0.2) is 0 Å². The van der Waals surface area contributed by atoms with E-state index >= 15 is 0 Å². The number of hydrogen-bond donors (Lipinski definition) is 2.